The van der Waals surface area contributed by atoms with Gasteiger partial charge < -0.3 is 15.4 Å². The first-order chi connectivity index (χ1) is 18.0. The van der Waals surface area contributed by atoms with Gasteiger partial charge in [0.2, 0.25) is 0 Å². The zero-order valence-corrected chi connectivity index (χ0v) is 21.8. The molecule has 3 aromatic rings. The maximum Gasteiger partial charge on any atom is 0.338 e. The number of hydrogen-bond acceptors (Lipinski definition) is 5. The summed E-state index contributed by atoms with van der Waals surface area (Å²) < 4.78 is 5.12. The van der Waals surface area contributed by atoms with E-state index in [1.165, 1.54) is 5.56 Å². The van der Waals surface area contributed by atoms with E-state index >= 15 is 0 Å². The summed E-state index contributed by atoms with van der Waals surface area (Å²) in [7, 11) is 0. The van der Waals surface area contributed by atoms with E-state index in [0.29, 0.717) is 29.1 Å². The summed E-state index contributed by atoms with van der Waals surface area (Å²) in [6.07, 6.45) is 2.27. The van der Waals surface area contributed by atoms with Crippen LogP contribution in [0.1, 0.15) is 60.7 Å². The third-order valence-electron chi connectivity index (χ3n) is 6.30. The van der Waals surface area contributed by atoms with Crippen LogP contribution in [0.15, 0.2) is 72.8 Å². The fraction of sp³-hybridized carbons (Fsp3) is 0.290. The van der Waals surface area contributed by atoms with Crippen molar-refractivity contribution < 1.29 is 14.3 Å². The highest BCUT2D eigenvalue weighted by Gasteiger charge is 2.29. The SMILES string of the molecule is CCCN(CCC)Cc1ccc(NC(=C2C(=O)Nc3cc(C(=O)OCC)ccc32)c2ccccc2)cc1. The van der Waals surface area contributed by atoms with Crippen molar-refractivity contribution in [2.45, 2.75) is 40.2 Å². The lowest BCUT2D eigenvalue weighted by Gasteiger charge is -2.21. The first-order valence-corrected chi connectivity index (χ1v) is 13.0. The Kier molecular flexibility index (Phi) is 8.75. The van der Waals surface area contributed by atoms with Crippen LogP contribution in [0, 0.1) is 0 Å². The second-order valence-corrected chi connectivity index (χ2v) is 9.15. The molecule has 0 aromatic heterocycles. The Balaban J connectivity index is 1.67. The summed E-state index contributed by atoms with van der Waals surface area (Å²) in [5.41, 5.74) is 6.07. The molecule has 192 valence electrons. The van der Waals surface area contributed by atoms with Crippen molar-refractivity contribution in [3.05, 3.63) is 95.1 Å². The lowest BCUT2D eigenvalue weighted by Crippen LogP contribution is -2.24. The van der Waals surface area contributed by atoms with Gasteiger partial charge in [0.15, 0.2) is 0 Å². The van der Waals surface area contributed by atoms with Crippen LogP contribution in [0.5, 0.6) is 0 Å². The third-order valence-corrected chi connectivity index (χ3v) is 6.30. The molecule has 4 rings (SSSR count). The van der Waals surface area contributed by atoms with E-state index in [-0.39, 0.29) is 5.91 Å². The number of fused-ring (bicyclic) bond motifs is 1. The summed E-state index contributed by atoms with van der Waals surface area (Å²) in [6, 6.07) is 23.4. The summed E-state index contributed by atoms with van der Waals surface area (Å²) in [5, 5.41) is 6.44. The lowest BCUT2D eigenvalue weighted by molar-refractivity contribution is -0.110. The van der Waals surface area contributed by atoms with Crippen LogP contribution >= 0.6 is 0 Å². The Morgan fingerprint density at radius 1 is 0.892 bits per heavy atom. The van der Waals surface area contributed by atoms with Crippen LogP contribution < -0.4 is 10.6 Å². The largest absolute Gasteiger partial charge is 0.462 e. The van der Waals surface area contributed by atoms with Gasteiger partial charge in [0.05, 0.1) is 29.1 Å². The molecule has 0 bridgehead atoms. The summed E-state index contributed by atoms with van der Waals surface area (Å²) >= 11 is 0. The molecule has 1 aliphatic rings. The smallest absolute Gasteiger partial charge is 0.338 e. The fourth-order valence-electron chi connectivity index (χ4n) is 4.64. The molecule has 6 heteroatoms. The van der Waals surface area contributed by atoms with Crippen LogP contribution in [0.4, 0.5) is 11.4 Å². The molecule has 1 heterocycles. The quantitative estimate of drug-likeness (QED) is 0.236. The average molecular weight is 498 g/mol. The van der Waals surface area contributed by atoms with Crippen molar-refractivity contribution in [3.63, 3.8) is 0 Å². The first-order valence-electron chi connectivity index (χ1n) is 13.0. The van der Waals surface area contributed by atoms with Crippen LogP contribution in [-0.4, -0.2) is 36.5 Å². The zero-order valence-electron chi connectivity index (χ0n) is 21.8. The number of amides is 1. The van der Waals surface area contributed by atoms with Gasteiger partial charge in [-0.25, -0.2) is 4.79 Å². The third kappa shape index (κ3) is 6.27. The standard InChI is InChI=1S/C31H35N3O3/c1-4-18-34(19-5-2)21-22-12-15-25(16-13-22)32-29(23-10-8-7-9-11-23)28-26-17-14-24(31(36)37-6-3)20-27(26)33-30(28)35/h7-17,20,32H,4-6,18-19,21H2,1-3H3,(H,33,35). The molecule has 0 spiro atoms. The summed E-state index contributed by atoms with van der Waals surface area (Å²) in [4.78, 5) is 27.9. The molecule has 0 atom stereocenters. The highest BCUT2D eigenvalue weighted by atomic mass is 16.5. The number of nitrogens with zero attached hydrogens (tertiary/aromatic N) is 1. The molecule has 0 unspecified atom stereocenters. The number of rotatable bonds is 11. The Hall–Kier alpha value is -3.90. The predicted molar refractivity (Wildman–Crippen MR) is 150 cm³/mol. The highest BCUT2D eigenvalue weighted by Crippen LogP contribution is 2.38. The van der Waals surface area contributed by atoms with Crippen LogP contribution in [0.25, 0.3) is 11.3 Å². The molecule has 1 amide bonds. The van der Waals surface area contributed by atoms with Crippen molar-refractivity contribution in [1.82, 2.24) is 4.90 Å². The summed E-state index contributed by atoms with van der Waals surface area (Å²) in [6.45, 7) is 9.59. The predicted octanol–water partition coefficient (Wildman–Crippen LogP) is 6.42. The molecule has 1 aliphatic heterocycles. The Bertz CT molecular complexity index is 1260. The number of benzene rings is 3. The van der Waals surface area contributed by atoms with E-state index < -0.39 is 5.97 Å². The van der Waals surface area contributed by atoms with Crippen LogP contribution in [0.3, 0.4) is 0 Å². The first kappa shape index (κ1) is 26.2. The Morgan fingerprint density at radius 2 is 1.59 bits per heavy atom. The number of ether oxygens (including phenoxy) is 1. The van der Waals surface area contributed by atoms with Gasteiger partial charge in [-0.15, -0.1) is 0 Å². The second-order valence-electron chi connectivity index (χ2n) is 9.15. The maximum atomic E-state index is 13.2. The van der Waals surface area contributed by atoms with Gasteiger partial charge in [-0.05, 0) is 68.2 Å². The number of carbonyl (C=O) groups is 2. The highest BCUT2D eigenvalue weighted by molar-refractivity contribution is 6.37. The maximum absolute atomic E-state index is 13.2. The zero-order chi connectivity index (χ0) is 26.2. The second kappa shape index (κ2) is 12.4. The molecular formula is C31H35N3O3. The number of hydrogen-bond donors (Lipinski definition) is 2. The van der Waals surface area contributed by atoms with Gasteiger partial charge >= 0.3 is 5.97 Å². The van der Waals surface area contributed by atoms with Gasteiger partial charge in [0, 0.05) is 17.8 Å². The lowest BCUT2D eigenvalue weighted by atomic mass is 9.99. The van der Waals surface area contributed by atoms with E-state index in [4.69, 9.17) is 4.74 Å². The normalized spacial score (nSPS) is 13.8. The minimum atomic E-state index is -0.407. The average Bonchev–Trinajstić information content (AvgIpc) is 3.24. The van der Waals surface area contributed by atoms with Gasteiger partial charge in [0.1, 0.15) is 0 Å². The molecule has 6 nitrogen and oxygen atoms in total. The van der Waals surface area contributed by atoms with Gasteiger partial charge in [-0.2, -0.15) is 0 Å². The van der Waals surface area contributed by atoms with E-state index in [0.717, 1.165) is 49.3 Å². The number of esters is 1. The molecule has 3 aromatic carbocycles. The topological polar surface area (TPSA) is 70.7 Å². The number of carbonyl (C=O) groups excluding carboxylic acids is 2. The minimum Gasteiger partial charge on any atom is -0.462 e. The van der Waals surface area contributed by atoms with E-state index in [2.05, 4.69) is 53.6 Å². The minimum absolute atomic E-state index is 0.214. The van der Waals surface area contributed by atoms with Crippen molar-refractivity contribution in [2.24, 2.45) is 0 Å². The summed E-state index contributed by atoms with van der Waals surface area (Å²) in [5.74, 6) is -0.622. The van der Waals surface area contributed by atoms with Crippen LogP contribution in [0.2, 0.25) is 0 Å². The Labute approximate surface area is 219 Å². The molecule has 0 aliphatic carbocycles. The Morgan fingerprint density at radius 3 is 2.24 bits per heavy atom. The molecule has 0 saturated carbocycles. The molecule has 0 saturated heterocycles. The van der Waals surface area contributed by atoms with Crippen molar-refractivity contribution >= 4 is 34.5 Å². The monoisotopic (exact) mass is 497 g/mol. The van der Waals surface area contributed by atoms with Gasteiger partial charge in [0.25, 0.3) is 5.91 Å². The molecule has 37 heavy (non-hydrogen) atoms. The van der Waals surface area contributed by atoms with Crippen molar-refractivity contribution in [3.8, 4) is 0 Å². The number of anilines is 2. The van der Waals surface area contributed by atoms with Gasteiger partial charge in [-0.1, -0.05) is 62.4 Å². The van der Waals surface area contributed by atoms with E-state index in [1.54, 1.807) is 25.1 Å². The van der Waals surface area contributed by atoms with E-state index in [1.807, 2.05) is 30.3 Å². The van der Waals surface area contributed by atoms with Crippen molar-refractivity contribution in [1.29, 1.82) is 0 Å². The molecule has 0 radical (unpaired) electrons. The van der Waals surface area contributed by atoms with Crippen molar-refractivity contribution in [2.75, 3.05) is 30.3 Å². The van der Waals surface area contributed by atoms with Crippen LogP contribution in [-0.2, 0) is 16.1 Å². The number of nitrogens with one attached hydrogen (secondary N) is 2. The molecule has 2 N–H and O–H groups in total. The molecular weight excluding hydrogens is 462 g/mol. The fourth-order valence-corrected chi connectivity index (χ4v) is 4.64. The molecule has 0 fully saturated rings. The van der Waals surface area contributed by atoms with Gasteiger partial charge in [-0.3, -0.25) is 9.69 Å². The van der Waals surface area contributed by atoms with E-state index in [9.17, 15) is 9.59 Å².